The second-order valence-corrected chi connectivity index (χ2v) is 3.33. The number of hydrogen-bond donors (Lipinski definition) is 0. The summed E-state index contributed by atoms with van der Waals surface area (Å²) in [6, 6.07) is 2.08. The molecule has 0 amide bonds. The third-order valence-electron chi connectivity index (χ3n) is 2.30. The summed E-state index contributed by atoms with van der Waals surface area (Å²) in [5.41, 5.74) is 3.42. The second kappa shape index (κ2) is 4.09. The topological polar surface area (TPSA) is 22.1 Å². The Balaban J connectivity index is 2.30. The van der Waals surface area contributed by atoms with Crippen LogP contribution in [0, 0.1) is 0 Å². The SMILES string of the molecule is C=Cc1cncc(C2=COCCC2)c1. The van der Waals surface area contributed by atoms with E-state index in [1.807, 2.05) is 12.5 Å². The Morgan fingerprint density at radius 3 is 3.07 bits per heavy atom. The highest BCUT2D eigenvalue weighted by atomic mass is 16.5. The van der Waals surface area contributed by atoms with Gasteiger partial charge in [0.1, 0.15) is 0 Å². The van der Waals surface area contributed by atoms with Crippen molar-refractivity contribution in [1.29, 1.82) is 0 Å². The lowest BCUT2D eigenvalue weighted by Crippen LogP contribution is -1.99. The minimum absolute atomic E-state index is 0.831. The molecule has 0 unspecified atom stereocenters. The molecule has 2 heteroatoms. The summed E-state index contributed by atoms with van der Waals surface area (Å²) in [4.78, 5) is 4.16. The molecule has 1 aromatic heterocycles. The summed E-state index contributed by atoms with van der Waals surface area (Å²) < 4.78 is 5.29. The third-order valence-corrected chi connectivity index (χ3v) is 2.30. The van der Waals surface area contributed by atoms with Gasteiger partial charge >= 0.3 is 0 Å². The van der Waals surface area contributed by atoms with E-state index in [4.69, 9.17) is 4.74 Å². The molecule has 2 nitrogen and oxygen atoms in total. The highest BCUT2D eigenvalue weighted by Gasteiger charge is 2.07. The van der Waals surface area contributed by atoms with Gasteiger partial charge in [-0.2, -0.15) is 0 Å². The highest BCUT2D eigenvalue weighted by molar-refractivity contribution is 5.66. The van der Waals surface area contributed by atoms with Crippen molar-refractivity contribution in [2.45, 2.75) is 12.8 Å². The molecule has 0 aromatic carbocycles. The number of hydrogen-bond acceptors (Lipinski definition) is 2. The molecular formula is C12H13NO. The van der Waals surface area contributed by atoms with Crippen LogP contribution in [0.3, 0.4) is 0 Å². The molecule has 0 spiro atoms. The summed E-state index contributed by atoms with van der Waals surface area (Å²) >= 11 is 0. The molecule has 72 valence electrons. The van der Waals surface area contributed by atoms with Crippen molar-refractivity contribution in [3.63, 3.8) is 0 Å². The number of rotatable bonds is 2. The standard InChI is InChI=1S/C12H13NO/c1-2-10-6-12(8-13-7-10)11-4-3-5-14-9-11/h2,6-9H,1,3-5H2. The lowest BCUT2D eigenvalue weighted by molar-refractivity contribution is 0.235. The van der Waals surface area contributed by atoms with Crippen LogP contribution in [0.25, 0.3) is 11.6 Å². The lowest BCUT2D eigenvalue weighted by Gasteiger charge is -2.13. The van der Waals surface area contributed by atoms with Crippen molar-refractivity contribution in [3.8, 4) is 0 Å². The van der Waals surface area contributed by atoms with Gasteiger partial charge in [-0.15, -0.1) is 0 Å². The molecular weight excluding hydrogens is 174 g/mol. The molecule has 0 radical (unpaired) electrons. The van der Waals surface area contributed by atoms with E-state index in [0.29, 0.717) is 0 Å². The normalized spacial score (nSPS) is 15.6. The second-order valence-electron chi connectivity index (χ2n) is 3.33. The Bertz CT molecular complexity index is 368. The maximum atomic E-state index is 5.29. The fourth-order valence-electron chi connectivity index (χ4n) is 1.52. The molecule has 2 heterocycles. The van der Waals surface area contributed by atoms with E-state index in [1.54, 1.807) is 12.3 Å². The highest BCUT2D eigenvalue weighted by Crippen LogP contribution is 2.23. The van der Waals surface area contributed by atoms with E-state index >= 15 is 0 Å². The maximum Gasteiger partial charge on any atom is 0.0876 e. The summed E-state index contributed by atoms with van der Waals surface area (Å²) in [5, 5.41) is 0. The molecule has 1 aliphatic rings. The van der Waals surface area contributed by atoms with E-state index in [2.05, 4.69) is 17.6 Å². The van der Waals surface area contributed by atoms with E-state index < -0.39 is 0 Å². The molecule has 0 saturated carbocycles. The molecule has 0 aliphatic carbocycles. The van der Waals surface area contributed by atoms with E-state index in [-0.39, 0.29) is 0 Å². The molecule has 0 bridgehead atoms. The fraction of sp³-hybridized carbons (Fsp3) is 0.250. The number of ether oxygens (including phenoxy) is 1. The molecule has 0 saturated heterocycles. The van der Waals surface area contributed by atoms with Crippen LogP contribution >= 0.6 is 0 Å². The van der Waals surface area contributed by atoms with E-state index in [0.717, 1.165) is 30.6 Å². The number of aromatic nitrogens is 1. The van der Waals surface area contributed by atoms with Crippen molar-refractivity contribution in [2.75, 3.05) is 6.61 Å². The van der Waals surface area contributed by atoms with Gasteiger partial charge in [-0.3, -0.25) is 4.98 Å². The molecule has 0 N–H and O–H groups in total. The van der Waals surface area contributed by atoms with Crippen molar-refractivity contribution >= 4 is 11.6 Å². The van der Waals surface area contributed by atoms with Crippen LogP contribution in [0.2, 0.25) is 0 Å². The van der Waals surface area contributed by atoms with Crippen molar-refractivity contribution in [2.24, 2.45) is 0 Å². The Labute approximate surface area is 83.9 Å². The fourth-order valence-corrected chi connectivity index (χ4v) is 1.52. The number of allylic oxidation sites excluding steroid dienone is 1. The summed E-state index contributed by atoms with van der Waals surface area (Å²) in [6.07, 6.45) is 9.48. The predicted molar refractivity (Wildman–Crippen MR) is 57.5 cm³/mol. The third kappa shape index (κ3) is 1.84. The van der Waals surface area contributed by atoms with Gasteiger partial charge in [-0.1, -0.05) is 12.7 Å². The minimum Gasteiger partial charge on any atom is -0.501 e. The van der Waals surface area contributed by atoms with Crippen LogP contribution in [-0.4, -0.2) is 11.6 Å². The first-order valence-electron chi connectivity index (χ1n) is 4.78. The predicted octanol–water partition coefficient (Wildman–Crippen LogP) is 2.88. The van der Waals surface area contributed by atoms with Gasteiger partial charge in [-0.05, 0) is 35.6 Å². The van der Waals surface area contributed by atoms with Crippen molar-refractivity contribution in [3.05, 3.63) is 42.4 Å². The van der Waals surface area contributed by atoms with Gasteiger partial charge < -0.3 is 4.74 Å². The first-order valence-corrected chi connectivity index (χ1v) is 4.78. The molecule has 0 atom stereocenters. The largest absolute Gasteiger partial charge is 0.501 e. The summed E-state index contributed by atoms with van der Waals surface area (Å²) in [7, 11) is 0. The zero-order valence-corrected chi connectivity index (χ0v) is 8.07. The lowest BCUT2D eigenvalue weighted by atomic mass is 10.0. The maximum absolute atomic E-state index is 5.29. The monoisotopic (exact) mass is 187 g/mol. The molecule has 14 heavy (non-hydrogen) atoms. The van der Waals surface area contributed by atoms with Crippen LogP contribution in [0.5, 0.6) is 0 Å². The zero-order valence-electron chi connectivity index (χ0n) is 8.07. The van der Waals surface area contributed by atoms with Gasteiger partial charge in [0.25, 0.3) is 0 Å². The van der Waals surface area contributed by atoms with Gasteiger partial charge in [0, 0.05) is 12.4 Å². The van der Waals surface area contributed by atoms with Crippen LogP contribution in [0.15, 0.2) is 31.3 Å². The Hall–Kier alpha value is -1.57. The minimum atomic E-state index is 0.831. The van der Waals surface area contributed by atoms with Gasteiger partial charge in [0.05, 0.1) is 12.9 Å². The van der Waals surface area contributed by atoms with Gasteiger partial charge in [0.15, 0.2) is 0 Å². The van der Waals surface area contributed by atoms with Crippen LogP contribution in [-0.2, 0) is 4.74 Å². The first kappa shape index (κ1) is 9.00. The van der Waals surface area contributed by atoms with E-state index in [9.17, 15) is 0 Å². The van der Waals surface area contributed by atoms with Crippen molar-refractivity contribution < 1.29 is 4.74 Å². The number of pyridine rings is 1. The molecule has 1 aliphatic heterocycles. The summed E-state index contributed by atoms with van der Waals surface area (Å²) in [5.74, 6) is 0. The van der Waals surface area contributed by atoms with Crippen molar-refractivity contribution in [1.82, 2.24) is 4.98 Å². The zero-order chi connectivity index (χ0) is 9.80. The van der Waals surface area contributed by atoms with E-state index in [1.165, 1.54) is 5.57 Å². The van der Waals surface area contributed by atoms with Gasteiger partial charge in [-0.25, -0.2) is 0 Å². The van der Waals surface area contributed by atoms with Crippen LogP contribution < -0.4 is 0 Å². The summed E-state index contributed by atoms with van der Waals surface area (Å²) in [6.45, 7) is 4.56. The van der Waals surface area contributed by atoms with Gasteiger partial charge in [0.2, 0.25) is 0 Å². The Morgan fingerprint density at radius 2 is 2.36 bits per heavy atom. The molecule has 2 rings (SSSR count). The number of nitrogens with zero attached hydrogens (tertiary/aromatic N) is 1. The van der Waals surface area contributed by atoms with Crippen LogP contribution in [0.1, 0.15) is 24.0 Å². The Kier molecular flexibility index (Phi) is 2.63. The average molecular weight is 187 g/mol. The molecule has 1 aromatic rings. The van der Waals surface area contributed by atoms with Crippen LogP contribution in [0.4, 0.5) is 0 Å². The quantitative estimate of drug-likeness (QED) is 0.710. The Morgan fingerprint density at radius 1 is 1.43 bits per heavy atom. The molecule has 0 fully saturated rings. The first-order chi connectivity index (χ1) is 6.90. The smallest absolute Gasteiger partial charge is 0.0876 e. The average Bonchev–Trinajstić information content (AvgIpc) is 2.30.